The van der Waals surface area contributed by atoms with Crippen molar-refractivity contribution in [3.8, 4) is 11.6 Å². The lowest BCUT2D eigenvalue weighted by Gasteiger charge is -2.11. The minimum absolute atomic E-state index is 0.128. The van der Waals surface area contributed by atoms with E-state index in [9.17, 15) is 0 Å². The number of nitrogen functional groups attached to an aromatic ring is 1. The van der Waals surface area contributed by atoms with Gasteiger partial charge in [0.15, 0.2) is 0 Å². The molecule has 1 unspecified atom stereocenters. The molecule has 0 amide bonds. The van der Waals surface area contributed by atoms with Crippen LogP contribution in [0, 0.1) is 6.92 Å². The van der Waals surface area contributed by atoms with Gasteiger partial charge >= 0.3 is 0 Å². The lowest BCUT2D eigenvalue weighted by molar-refractivity contribution is 0.463. The quantitative estimate of drug-likeness (QED) is 0.852. The van der Waals surface area contributed by atoms with Gasteiger partial charge in [0.2, 0.25) is 11.2 Å². The number of rotatable bonds is 4. The highest BCUT2D eigenvalue weighted by molar-refractivity contribution is 6.28. The molecule has 1 heterocycles. The maximum atomic E-state index is 5.89. The molecule has 1 atom stereocenters. The van der Waals surface area contributed by atoms with Crippen LogP contribution in [0.2, 0.25) is 5.28 Å². The topological polar surface area (TPSA) is 61.0 Å². The van der Waals surface area contributed by atoms with Crippen molar-refractivity contribution in [2.24, 2.45) is 0 Å². The van der Waals surface area contributed by atoms with E-state index >= 15 is 0 Å². The lowest BCUT2D eigenvalue weighted by atomic mass is 9.99. The molecule has 1 aromatic carbocycles. The largest absolute Gasteiger partial charge is 0.437 e. The van der Waals surface area contributed by atoms with Crippen LogP contribution >= 0.6 is 11.6 Å². The molecule has 0 aliphatic rings. The Morgan fingerprint density at radius 3 is 2.50 bits per heavy atom. The molecule has 20 heavy (non-hydrogen) atoms. The third-order valence-corrected chi connectivity index (χ3v) is 3.52. The fourth-order valence-electron chi connectivity index (χ4n) is 1.81. The summed E-state index contributed by atoms with van der Waals surface area (Å²) < 4.78 is 5.68. The molecular formula is C15H18ClN3O. The summed E-state index contributed by atoms with van der Waals surface area (Å²) in [6.45, 7) is 6.13. The SMILES string of the molecule is CCC(C)c1ccc(Oc2nc(Cl)nc(C)c2N)cc1. The van der Waals surface area contributed by atoms with E-state index in [0.29, 0.717) is 28.9 Å². The fraction of sp³-hybridized carbons (Fsp3) is 0.333. The van der Waals surface area contributed by atoms with Crippen molar-refractivity contribution in [3.05, 3.63) is 40.8 Å². The first-order valence-corrected chi connectivity index (χ1v) is 6.96. The van der Waals surface area contributed by atoms with Gasteiger partial charge in [-0.2, -0.15) is 4.98 Å². The van der Waals surface area contributed by atoms with Crippen molar-refractivity contribution in [2.75, 3.05) is 5.73 Å². The van der Waals surface area contributed by atoms with Crippen molar-refractivity contribution >= 4 is 17.3 Å². The number of nitrogens with zero attached hydrogens (tertiary/aromatic N) is 2. The van der Waals surface area contributed by atoms with E-state index in [-0.39, 0.29) is 5.28 Å². The fourth-order valence-corrected chi connectivity index (χ4v) is 2.02. The van der Waals surface area contributed by atoms with Crippen molar-refractivity contribution in [1.82, 2.24) is 9.97 Å². The van der Waals surface area contributed by atoms with Gasteiger partial charge in [-0.3, -0.25) is 0 Å². The molecule has 0 fully saturated rings. The van der Waals surface area contributed by atoms with Gasteiger partial charge < -0.3 is 10.5 Å². The van der Waals surface area contributed by atoms with Gasteiger partial charge in [0.05, 0.1) is 5.69 Å². The second-order valence-corrected chi connectivity index (χ2v) is 5.12. The van der Waals surface area contributed by atoms with Gasteiger partial charge in [-0.1, -0.05) is 26.0 Å². The molecule has 106 valence electrons. The number of hydrogen-bond donors (Lipinski definition) is 1. The van der Waals surface area contributed by atoms with E-state index in [2.05, 4.69) is 35.9 Å². The summed E-state index contributed by atoms with van der Waals surface area (Å²) in [6, 6.07) is 7.92. The molecule has 1 aromatic heterocycles. The number of halogens is 1. The van der Waals surface area contributed by atoms with Gasteiger partial charge in [-0.25, -0.2) is 4.98 Å². The van der Waals surface area contributed by atoms with Crippen LogP contribution in [0.5, 0.6) is 11.6 Å². The molecule has 0 saturated carbocycles. The third kappa shape index (κ3) is 3.20. The zero-order chi connectivity index (χ0) is 14.7. The van der Waals surface area contributed by atoms with Crippen LogP contribution in [0.1, 0.15) is 37.4 Å². The Labute approximate surface area is 124 Å². The zero-order valence-electron chi connectivity index (χ0n) is 11.9. The highest BCUT2D eigenvalue weighted by Crippen LogP contribution is 2.29. The molecule has 4 nitrogen and oxygen atoms in total. The van der Waals surface area contributed by atoms with E-state index in [1.165, 1.54) is 5.56 Å². The molecule has 2 rings (SSSR count). The average molecular weight is 292 g/mol. The van der Waals surface area contributed by atoms with E-state index in [4.69, 9.17) is 22.1 Å². The summed E-state index contributed by atoms with van der Waals surface area (Å²) in [5.74, 6) is 1.50. The monoisotopic (exact) mass is 291 g/mol. The minimum atomic E-state index is 0.128. The number of aromatic nitrogens is 2. The Morgan fingerprint density at radius 2 is 1.90 bits per heavy atom. The van der Waals surface area contributed by atoms with Crippen LogP contribution in [0.25, 0.3) is 0 Å². The Kier molecular flexibility index (Phi) is 4.45. The highest BCUT2D eigenvalue weighted by atomic mass is 35.5. The molecule has 2 aromatic rings. The maximum Gasteiger partial charge on any atom is 0.247 e. The minimum Gasteiger partial charge on any atom is -0.437 e. The van der Waals surface area contributed by atoms with Crippen LogP contribution in [-0.2, 0) is 0 Å². The average Bonchev–Trinajstić information content (AvgIpc) is 2.44. The van der Waals surface area contributed by atoms with Gasteiger partial charge in [-0.15, -0.1) is 0 Å². The van der Waals surface area contributed by atoms with Crippen LogP contribution in [0.3, 0.4) is 0 Å². The Bertz CT molecular complexity index is 599. The summed E-state index contributed by atoms with van der Waals surface area (Å²) in [6.07, 6.45) is 1.11. The number of hydrogen-bond acceptors (Lipinski definition) is 4. The second kappa shape index (κ2) is 6.09. The molecule has 2 N–H and O–H groups in total. The van der Waals surface area contributed by atoms with Crippen molar-refractivity contribution in [3.63, 3.8) is 0 Å². The Balaban J connectivity index is 2.22. The number of anilines is 1. The molecule has 0 aliphatic heterocycles. The highest BCUT2D eigenvalue weighted by Gasteiger charge is 2.10. The predicted molar refractivity (Wildman–Crippen MR) is 81.4 cm³/mol. The first-order valence-electron chi connectivity index (χ1n) is 6.58. The number of benzene rings is 1. The van der Waals surface area contributed by atoms with Crippen LogP contribution in [-0.4, -0.2) is 9.97 Å². The van der Waals surface area contributed by atoms with Crippen LogP contribution < -0.4 is 10.5 Å². The van der Waals surface area contributed by atoms with Gasteiger partial charge in [0.1, 0.15) is 11.4 Å². The van der Waals surface area contributed by atoms with E-state index in [0.717, 1.165) is 6.42 Å². The molecule has 0 radical (unpaired) electrons. The third-order valence-electron chi connectivity index (χ3n) is 3.35. The molecule has 5 heteroatoms. The van der Waals surface area contributed by atoms with E-state index < -0.39 is 0 Å². The molecule has 0 saturated heterocycles. The first-order chi connectivity index (χ1) is 9.51. The summed E-state index contributed by atoms with van der Waals surface area (Å²) in [4.78, 5) is 7.98. The zero-order valence-corrected chi connectivity index (χ0v) is 12.6. The van der Waals surface area contributed by atoms with Crippen molar-refractivity contribution in [2.45, 2.75) is 33.1 Å². The van der Waals surface area contributed by atoms with Crippen molar-refractivity contribution < 1.29 is 4.74 Å². The Hall–Kier alpha value is -1.81. The maximum absolute atomic E-state index is 5.89. The first kappa shape index (κ1) is 14.6. The second-order valence-electron chi connectivity index (χ2n) is 4.78. The van der Waals surface area contributed by atoms with E-state index in [1.807, 2.05) is 12.1 Å². The Morgan fingerprint density at radius 1 is 1.25 bits per heavy atom. The van der Waals surface area contributed by atoms with Gasteiger partial charge in [0.25, 0.3) is 0 Å². The summed E-state index contributed by atoms with van der Waals surface area (Å²) in [5.41, 5.74) is 8.18. The summed E-state index contributed by atoms with van der Waals surface area (Å²) >= 11 is 5.82. The molecule has 0 aliphatic carbocycles. The van der Waals surface area contributed by atoms with E-state index in [1.54, 1.807) is 6.92 Å². The summed E-state index contributed by atoms with van der Waals surface area (Å²) in [7, 11) is 0. The normalized spacial score (nSPS) is 12.2. The smallest absolute Gasteiger partial charge is 0.247 e. The van der Waals surface area contributed by atoms with Crippen LogP contribution in [0.15, 0.2) is 24.3 Å². The van der Waals surface area contributed by atoms with Crippen molar-refractivity contribution in [1.29, 1.82) is 0 Å². The predicted octanol–water partition coefficient (Wildman–Crippen LogP) is 4.33. The number of nitrogens with two attached hydrogens (primary N) is 1. The lowest BCUT2D eigenvalue weighted by Crippen LogP contribution is -2.01. The standard InChI is InChI=1S/C15H18ClN3O/c1-4-9(2)11-5-7-12(8-6-11)20-14-13(17)10(3)18-15(16)19-14/h5-9H,4,17H2,1-3H3. The van der Waals surface area contributed by atoms with Gasteiger partial charge in [-0.05, 0) is 48.6 Å². The van der Waals surface area contributed by atoms with Crippen LogP contribution in [0.4, 0.5) is 5.69 Å². The molecule has 0 spiro atoms. The van der Waals surface area contributed by atoms with Gasteiger partial charge in [0, 0.05) is 0 Å². The molecular weight excluding hydrogens is 274 g/mol. The molecule has 0 bridgehead atoms. The number of ether oxygens (including phenoxy) is 1. The number of aryl methyl sites for hydroxylation is 1. The summed E-state index contributed by atoms with van der Waals surface area (Å²) in [5, 5.41) is 0.128.